The Morgan fingerprint density at radius 3 is 2.58 bits per heavy atom. The number of nitrogens with zero attached hydrogens (tertiary/aromatic N) is 1. The Morgan fingerprint density at radius 1 is 1.31 bits per heavy atom. The Labute approximate surface area is 166 Å². The van der Waals surface area contributed by atoms with Gasteiger partial charge in [0.1, 0.15) is 0 Å². The van der Waals surface area contributed by atoms with Crippen molar-refractivity contribution in [3.05, 3.63) is 46.5 Å². The molecule has 2 unspecified atom stereocenters. The second-order valence-corrected chi connectivity index (χ2v) is 8.39. The summed E-state index contributed by atoms with van der Waals surface area (Å²) < 4.78 is 0. The number of ketones is 1. The van der Waals surface area contributed by atoms with E-state index in [0.29, 0.717) is 29.4 Å². The molecule has 0 bridgehead atoms. The lowest BCUT2D eigenvalue weighted by Crippen LogP contribution is -2.52. The van der Waals surface area contributed by atoms with Gasteiger partial charge in [0.25, 0.3) is 5.91 Å². The molecule has 2 rings (SSSR count). The second kappa shape index (κ2) is 8.58. The Morgan fingerprint density at radius 2 is 2.00 bits per heavy atom. The average molecular weight is 396 g/mol. The van der Waals surface area contributed by atoms with Gasteiger partial charge in [0.15, 0.2) is 0 Å². The van der Waals surface area contributed by atoms with Gasteiger partial charge in [-0.25, -0.2) is 0 Å². The number of carbonyl (C=O) groups excluding carboxylic acids is 2. The lowest BCUT2D eigenvalue weighted by Gasteiger charge is -2.42. The van der Waals surface area contributed by atoms with Crippen molar-refractivity contribution >= 4 is 34.9 Å². The van der Waals surface area contributed by atoms with E-state index in [-0.39, 0.29) is 23.7 Å². The van der Waals surface area contributed by atoms with Gasteiger partial charge in [-0.2, -0.15) is 0 Å². The molecule has 1 amide bonds. The Kier molecular flexibility index (Phi) is 6.92. The molecule has 1 aromatic carbocycles. The van der Waals surface area contributed by atoms with Crippen LogP contribution in [0.5, 0.6) is 0 Å². The molecule has 0 saturated carbocycles. The topological polar surface area (TPSA) is 37.4 Å². The highest BCUT2D eigenvalue weighted by Gasteiger charge is 2.40. The molecular formula is C21H27Cl2NO2. The summed E-state index contributed by atoms with van der Waals surface area (Å²) in [4.78, 5) is 27.5. The van der Waals surface area contributed by atoms with E-state index in [4.69, 9.17) is 23.2 Å². The maximum Gasteiger partial charge on any atom is 0.290 e. The minimum atomic E-state index is -0.646. The third-order valence-corrected chi connectivity index (χ3v) is 6.25. The smallest absolute Gasteiger partial charge is 0.290 e. The maximum absolute atomic E-state index is 13.0. The fraction of sp³-hybridized carbons (Fsp3) is 0.524. The summed E-state index contributed by atoms with van der Waals surface area (Å²) in [6, 6.07) is 5.52. The summed E-state index contributed by atoms with van der Waals surface area (Å²) in [7, 11) is 0. The molecule has 5 heteroatoms. The SMILES string of the molecule is C=CCC1C(c2ccc(Cl)c(Cl)c2)CCCN1C(=O)C(=O)C(C)(C)CC. The molecule has 2 atom stereocenters. The summed E-state index contributed by atoms with van der Waals surface area (Å²) in [5, 5.41) is 1.02. The highest BCUT2D eigenvalue weighted by atomic mass is 35.5. The number of halogens is 2. The van der Waals surface area contributed by atoms with Crippen LogP contribution in [0.1, 0.15) is 57.9 Å². The Hall–Kier alpha value is -1.32. The van der Waals surface area contributed by atoms with Crippen LogP contribution in [0.4, 0.5) is 0 Å². The van der Waals surface area contributed by atoms with Crippen LogP contribution in [0.25, 0.3) is 0 Å². The van der Waals surface area contributed by atoms with E-state index < -0.39 is 5.41 Å². The van der Waals surface area contributed by atoms with E-state index in [1.54, 1.807) is 11.0 Å². The minimum Gasteiger partial charge on any atom is -0.332 e. The molecule has 142 valence electrons. The quantitative estimate of drug-likeness (QED) is 0.460. The molecule has 0 spiro atoms. The van der Waals surface area contributed by atoms with Crippen molar-refractivity contribution in [1.29, 1.82) is 0 Å². The maximum atomic E-state index is 13.0. The van der Waals surface area contributed by atoms with Gasteiger partial charge in [-0.15, -0.1) is 6.58 Å². The number of amides is 1. The number of Topliss-reactive ketones (excluding diaryl/α,β-unsaturated/α-hetero) is 1. The van der Waals surface area contributed by atoms with E-state index in [2.05, 4.69) is 6.58 Å². The summed E-state index contributed by atoms with van der Waals surface area (Å²) >= 11 is 12.2. The minimum absolute atomic E-state index is 0.0948. The van der Waals surface area contributed by atoms with Crippen LogP contribution in [0.15, 0.2) is 30.9 Å². The number of rotatable bonds is 6. The van der Waals surface area contributed by atoms with Gasteiger partial charge in [0.2, 0.25) is 5.78 Å². The molecule has 1 heterocycles. The standard InChI is InChI=1S/C21H27Cl2NO2/c1-5-8-18-15(14-10-11-16(22)17(23)13-14)9-7-12-24(18)20(26)19(25)21(3,4)6-2/h5,10-11,13,15,18H,1,6-9,12H2,2-4H3. The molecule has 1 saturated heterocycles. The Balaban J connectivity index is 2.35. The van der Waals surface area contributed by atoms with E-state index in [9.17, 15) is 9.59 Å². The van der Waals surface area contributed by atoms with Crippen LogP contribution in [-0.4, -0.2) is 29.2 Å². The van der Waals surface area contributed by atoms with Crippen molar-refractivity contribution in [3.8, 4) is 0 Å². The zero-order valence-electron chi connectivity index (χ0n) is 15.7. The van der Waals surface area contributed by atoms with Gasteiger partial charge < -0.3 is 4.90 Å². The highest BCUT2D eigenvalue weighted by Crippen LogP contribution is 2.37. The lowest BCUT2D eigenvalue weighted by atomic mass is 9.80. The van der Waals surface area contributed by atoms with E-state index >= 15 is 0 Å². The van der Waals surface area contributed by atoms with Crippen LogP contribution < -0.4 is 0 Å². The fourth-order valence-electron chi connectivity index (χ4n) is 3.48. The van der Waals surface area contributed by atoms with Crippen LogP contribution in [0.2, 0.25) is 10.0 Å². The van der Waals surface area contributed by atoms with Gasteiger partial charge in [-0.05, 0) is 43.4 Å². The number of hydrogen-bond donors (Lipinski definition) is 0. The van der Waals surface area contributed by atoms with Crippen LogP contribution in [0.3, 0.4) is 0 Å². The lowest BCUT2D eigenvalue weighted by molar-refractivity contribution is -0.152. The Bertz CT molecular complexity index is 699. The molecule has 26 heavy (non-hydrogen) atoms. The van der Waals surface area contributed by atoms with Gasteiger partial charge in [0.05, 0.1) is 10.0 Å². The second-order valence-electron chi connectivity index (χ2n) is 7.58. The van der Waals surface area contributed by atoms with E-state index in [1.165, 1.54) is 0 Å². The van der Waals surface area contributed by atoms with E-state index in [1.807, 2.05) is 39.0 Å². The first-order chi connectivity index (χ1) is 12.2. The van der Waals surface area contributed by atoms with Gasteiger partial charge in [-0.1, -0.05) is 56.1 Å². The first-order valence-corrected chi connectivity index (χ1v) is 9.89. The summed E-state index contributed by atoms with van der Waals surface area (Å²) in [5.74, 6) is -0.588. The van der Waals surface area contributed by atoms with Crippen molar-refractivity contribution in [3.63, 3.8) is 0 Å². The molecule has 1 aromatic rings. The van der Waals surface area contributed by atoms with Crippen molar-refractivity contribution in [2.45, 2.75) is 58.4 Å². The normalized spacial score (nSPS) is 20.7. The van der Waals surface area contributed by atoms with Crippen LogP contribution in [0, 0.1) is 5.41 Å². The van der Waals surface area contributed by atoms with Gasteiger partial charge >= 0.3 is 0 Å². The monoisotopic (exact) mass is 395 g/mol. The predicted molar refractivity (Wildman–Crippen MR) is 108 cm³/mol. The van der Waals surface area contributed by atoms with Gasteiger partial charge in [0, 0.05) is 23.9 Å². The fourth-order valence-corrected chi connectivity index (χ4v) is 3.79. The molecule has 1 aliphatic rings. The van der Waals surface area contributed by atoms with Crippen molar-refractivity contribution in [1.82, 2.24) is 4.90 Å². The summed E-state index contributed by atoms with van der Waals surface area (Å²) in [5.41, 5.74) is 0.401. The molecule has 0 aromatic heterocycles. The molecule has 3 nitrogen and oxygen atoms in total. The zero-order valence-corrected chi connectivity index (χ0v) is 17.2. The third kappa shape index (κ3) is 4.32. The van der Waals surface area contributed by atoms with Crippen molar-refractivity contribution < 1.29 is 9.59 Å². The van der Waals surface area contributed by atoms with Crippen LogP contribution in [-0.2, 0) is 9.59 Å². The van der Waals surface area contributed by atoms with Crippen molar-refractivity contribution in [2.24, 2.45) is 5.41 Å². The first kappa shape index (κ1) is 21.0. The average Bonchev–Trinajstić information content (AvgIpc) is 2.63. The predicted octanol–water partition coefficient (Wildman–Crippen LogP) is 5.65. The number of likely N-dealkylation sites (tertiary alicyclic amines) is 1. The molecule has 1 fully saturated rings. The largest absolute Gasteiger partial charge is 0.332 e. The first-order valence-electron chi connectivity index (χ1n) is 9.14. The molecular weight excluding hydrogens is 369 g/mol. The summed E-state index contributed by atoms with van der Waals surface area (Å²) in [6.07, 6.45) is 4.87. The number of hydrogen-bond acceptors (Lipinski definition) is 2. The molecule has 1 aliphatic heterocycles. The highest BCUT2D eigenvalue weighted by molar-refractivity contribution is 6.42. The zero-order chi connectivity index (χ0) is 19.5. The van der Waals surface area contributed by atoms with Crippen LogP contribution >= 0.6 is 23.2 Å². The van der Waals surface area contributed by atoms with Gasteiger partial charge in [-0.3, -0.25) is 9.59 Å². The number of benzene rings is 1. The third-order valence-electron chi connectivity index (χ3n) is 5.51. The molecule has 0 N–H and O–H groups in total. The van der Waals surface area contributed by atoms with Crippen molar-refractivity contribution in [2.75, 3.05) is 6.54 Å². The number of piperidine rings is 1. The number of carbonyl (C=O) groups is 2. The molecule has 0 aliphatic carbocycles. The molecule has 0 radical (unpaired) electrons. The van der Waals surface area contributed by atoms with E-state index in [0.717, 1.165) is 18.4 Å². The summed E-state index contributed by atoms with van der Waals surface area (Å²) in [6.45, 7) is 10.0.